The maximum absolute atomic E-state index is 12.5. The van der Waals surface area contributed by atoms with Crippen molar-refractivity contribution in [2.24, 2.45) is 0 Å². The lowest BCUT2D eigenvalue weighted by molar-refractivity contribution is -0.137. The number of benzene rings is 2. The van der Waals surface area contributed by atoms with Crippen molar-refractivity contribution in [3.8, 4) is 0 Å². The first-order valence-electron chi connectivity index (χ1n) is 5.80. The highest BCUT2D eigenvalue weighted by Gasteiger charge is 2.30. The van der Waals surface area contributed by atoms with Crippen LogP contribution >= 0.6 is 15.9 Å². The summed E-state index contributed by atoms with van der Waals surface area (Å²) in [5.74, 6) is 0.0652. The second-order valence-electron chi connectivity index (χ2n) is 4.39. The second-order valence-corrected chi connectivity index (χ2v) is 5.31. The molecule has 0 N–H and O–H groups in total. The highest BCUT2D eigenvalue weighted by molar-refractivity contribution is 9.10. The van der Waals surface area contributed by atoms with Gasteiger partial charge in [-0.1, -0.05) is 47.1 Å². The standard InChI is InChI=1S/C15H12BrF3/c1-10(12-4-8-14(16)9-5-12)11-2-6-13(7-3-11)15(17,18)19/h2-10H,1H3. The van der Waals surface area contributed by atoms with E-state index in [9.17, 15) is 13.2 Å². The Morgan fingerprint density at radius 1 is 0.842 bits per heavy atom. The summed E-state index contributed by atoms with van der Waals surface area (Å²) in [6.45, 7) is 1.98. The van der Waals surface area contributed by atoms with E-state index in [1.54, 1.807) is 0 Å². The van der Waals surface area contributed by atoms with E-state index in [1.165, 1.54) is 12.1 Å². The van der Waals surface area contributed by atoms with E-state index in [0.717, 1.165) is 27.7 Å². The Hall–Kier alpha value is -1.29. The average Bonchev–Trinajstić information content (AvgIpc) is 2.38. The van der Waals surface area contributed by atoms with Crippen LogP contribution in [0, 0.1) is 0 Å². The fraction of sp³-hybridized carbons (Fsp3) is 0.200. The van der Waals surface area contributed by atoms with E-state index in [2.05, 4.69) is 15.9 Å². The normalized spacial score (nSPS) is 13.3. The largest absolute Gasteiger partial charge is 0.416 e. The van der Waals surface area contributed by atoms with Crippen molar-refractivity contribution < 1.29 is 13.2 Å². The Morgan fingerprint density at radius 2 is 1.26 bits per heavy atom. The first kappa shape index (κ1) is 14.1. The first-order chi connectivity index (χ1) is 8.88. The SMILES string of the molecule is CC(c1ccc(Br)cc1)c1ccc(C(F)(F)F)cc1. The molecule has 0 fully saturated rings. The summed E-state index contributed by atoms with van der Waals surface area (Å²) in [7, 11) is 0. The third-order valence-corrected chi connectivity index (χ3v) is 3.64. The fourth-order valence-corrected chi connectivity index (χ4v) is 2.17. The molecule has 0 saturated heterocycles. The van der Waals surface area contributed by atoms with Crippen molar-refractivity contribution in [1.29, 1.82) is 0 Å². The van der Waals surface area contributed by atoms with E-state index >= 15 is 0 Å². The maximum Gasteiger partial charge on any atom is 0.416 e. The molecule has 0 nitrogen and oxygen atoms in total. The Labute approximate surface area is 118 Å². The number of alkyl halides is 3. The van der Waals surface area contributed by atoms with Crippen LogP contribution in [0.2, 0.25) is 0 Å². The molecule has 0 heterocycles. The van der Waals surface area contributed by atoms with E-state index in [-0.39, 0.29) is 5.92 Å². The van der Waals surface area contributed by atoms with Crippen LogP contribution in [-0.4, -0.2) is 0 Å². The van der Waals surface area contributed by atoms with Gasteiger partial charge in [-0.3, -0.25) is 0 Å². The van der Waals surface area contributed by atoms with Crippen LogP contribution in [0.25, 0.3) is 0 Å². The van der Waals surface area contributed by atoms with Crippen LogP contribution in [-0.2, 0) is 6.18 Å². The van der Waals surface area contributed by atoms with Crippen LogP contribution in [0.1, 0.15) is 29.5 Å². The summed E-state index contributed by atoms with van der Waals surface area (Å²) in [6.07, 6.45) is -4.28. The minimum absolute atomic E-state index is 0.0652. The molecular weight excluding hydrogens is 317 g/mol. The maximum atomic E-state index is 12.5. The summed E-state index contributed by atoms with van der Waals surface area (Å²) in [4.78, 5) is 0. The van der Waals surface area contributed by atoms with Crippen molar-refractivity contribution in [2.45, 2.75) is 19.0 Å². The van der Waals surface area contributed by atoms with Gasteiger partial charge in [0, 0.05) is 10.4 Å². The molecule has 0 aliphatic heterocycles. The van der Waals surface area contributed by atoms with Gasteiger partial charge < -0.3 is 0 Å². The number of rotatable bonds is 2. The highest BCUT2D eigenvalue weighted by atomic mass is 79.9. The summed E-state index contributed by atoms with van der Waals surface area (Å²) >= 11 is 3.36. The van der Waals surface area contributed by atoms with Gasteiger partial charge in [-0.2, -0.15) is 13.2 Å². The third kappa shape index (κ3) is 3.38. The molecule has 0 aromatic heterocycles. The minimum atomic E-state index is -4.28. The van der Waals surface area contributed by atoms with Crippen molar-refractivity contribution >= 4 is 15.9 Å². The Bertz CT molecular complexity index is 541. The van der Waals surface area contributed by atoms with Gasteiger partial charge in [0.15, 0.2) is 0 Å². The molecule has 100 valence electrons. The average molecular weight is 329 g/mol. The van der Waals surface area contributed by atoms with Crippen LogP contribution in [0.4, 0.5) is 13.2 Å². The molecule has 1 atom stereocenters. The zero-order valence-electron chi connectivity index (χ0n) is 10.2. The monoisotopic (exact) mass is 328 g/mol. The van der Waals surface area contributed by atoms with Gasteiger partial charge in [-0.25, -0.2) is 0 Å². The quantitative estimate of drug-likeness (QED) is 0.671. The van der Waals surface area contributed by atoms with E-state index in [1.807, 2.05) is 31.2 Å². The van der Waals surface area contributed by atoms with E-state index < -0.39 is 11.7 Å². The summed E-state index contributed by atoms with van der Waals surface area (Å²) in [6, 6.07) is 13.1. The molecule has 1 unspecified atom stereocenters. The van der Waals surface area contributed by atoms with Gasteiger partial charge in [-0.05, 0) is 35.4 Å². The van der Waals surface area contributed by atoms with Gasteiger partial charge >= 0.3 is 6.18 Å². The number of hydrogen-bond acceptors (Lipinski definition) is 0. The van der Waals surface area contributed by atoms with Crippen molar-refractivity contribution in [1.82, 2.24) is 0 Å². The third-order valence-electron chi connectivity index (χ3n) is 3.11. The Balaban J connectivity index is 2.25. The zero-order chi connectivity index (χ0) is 14.0. The number of halogens is 4. The molecule has 0 aliphatic carbocycles. The molecule has 0 radical (unpaired) electrons. The second kappa shape index (κ2) is 5.37. The molecule has 19 heavy (non-hydrogen) atoms. The lowest BCUT2D eigenvalue weighted by Crippen LogP contribution is -2.05. The number of hydrogen-bond donors (Lipinski definition) is 0. The summed E-state index contributed by atoms with van der Waals surface area (Å²) < 4.78 is 38.4. The zero-order valence-corrected chi connectivity index (χ0v) is 11.8. The van der Waals surface area contributed by atoms with Crippen molar-refractivity contribution in [3.63, 3.8) is 0 Å². The smallest absolute Gasteiger partial charge is 0.166 e. The van der Waals surface area contributed by atoms with Crippen LogP contribution < -0.4 is 0 Å². The Morgan fingerprint density at radius 3 is 1.68 bits per heavy atom. The molecule has 2 aromatic carbocycles. The van der Waals surface area contributed by atoms with Crippen molar-refractivity contribution in [2.75, 3.05) is 0 Å². The molecule has 2 rings (SSSR count). The molecule has 4 heteroatoms. The van der Waals surface area contributed by atoms with Gasteiger partial charge in [0.25, 0.3) is 0 Å². The summed E-state index contributed by atoms with van der Waals surface area (Å²) in [5.41, 5.74) is 1.33. The lowest BCUT2D eigenvalue weighted by Gasteiger charge is -2.14. The van der Waals surface area contributed by atoms with E-state index in [4.69, 9.17) is 0 Å². The molecular formula is C15H12BrF3. The molecule has 0 spiro atoms. The topological polar surface area (TPSA) is 0 Å². The first-order valence-corrected chi connectivity index (χ1v) is 6.60. The van der Waals surface area contributed by atoms with Crippen LogP contribution in [0.15, 0.2) is 53.0 Å². The molecule has 2 aromatic rings. The summed E-state index contributed by atoms with van der Waals surface area (Å²) in [5, 5.41) is 0. The lowest BCUT2D eigenvalue weighted by atomic mass is 9.92. The fourth-order valence-electron chi connectivity index (χ4n) is 1.90. The van der Waals surface area contributed by atoms with Gasteiger partial charge in [0.1, 0.15) is 0 Å². The van der Waals surface area contributed by atoms with Gasteiger partial charge in [0.05, 0.1) is 5.56 Å². The molecule has 0 bridgehead atoms. The van der Waals surface area contributed by atoms with Crippen molar-refractivity contribution in [3.05, 3.63) is 69.7 Å². The molecule has 0 aliphatic rings. The van der Waals surface area contributed by atoms with Gasteiger partial charge in [-0.15, -0.1) is 0 Å². The minimum Gasteiger partial charge on any atom is -0.166 e. The Kier molecular flexibility index (Phi) is 3.99. The van der Waals surface area contributed by atoms with Gasteiger partial charge in [0.2, 0.25) is 0 Å². The van der Waals surface area contributed by atoms with Crippen LogP contribution in [0.3, 0.4) is 0 Å². The predicted molar refractivity (Wildman–Crippen MR) is 73.1 cm³/mol. The molecule has 0 amide bonds. The highest BCUT2D eigenvalue weighted by Crippen LogP contribution is 2.31. The van der Waals surface area contributed by atoms with Crippen LogP contribution in [0.5, 0.6) is 0 Å². The molecule has 0 saturated carbocycles. The van der Waals surface area contributed by atoms with E-state index in [0.29, 0.717) is 0 Å². The predicted octanol–water partition coefficient (Wildman–Crippen LogP) is 5.62.